The van der Waals surface area contributed by atoms with Gasteiger partial charge in [0.15, 0.2) is 0 Å². The number of fused-ring (bicyclic) bond motifs is 3. The van der Waals surface area contributed by atoms with Gasteiger partial charge < -0.3 is 0 Å². The van der Waals surface area contributed by atoms with Gasteiger partial charge in [-0.15, -0.1) is 0 Å². The van der Waals surface area contributed by atoms with Crippen molar-refractivity contribution in [3.05, 3.63) is 131 Å². The number of hydrogen-bond acceptors (Lipinski definition) is 2. The smallest absolute Gasteiger partial charge is 0.0320 e. The van der Waals surface area contributed by atoms with Crippen molar-refractivity contribution < 1.29 is 0 Å². The molecule has 2 nitrogen and oxygen atoms in total. The van der Waals surface area contributed by atoms with Crippen LogP contribution in [-0.4, -0.2) is 36.0 Å². The normalized spacial score (nSPS) is 22.6. The predicted octanol–water partition coefficient (Wildman–Crippen LogP) is 6.22. The Kier molecular flexibility index (Phi) is 5.11. The lowest BCUT2D eigenvalue weighted by Gasteiger charge is -2.58. The monoisotopic (exact) mass is 456 g/mol. The molecule has 7 rings (SSSR count). The molecule has 0 saturated carbocycles. The zero-order valence-corrected chi connectivity index (χ0v) is 20.2. The van der Waals surface area contributed by atoms with Gasteiger partial charge in [-0.3, -0.25) is 9.80 Å². The Morgan fingerprint density at radius 2 is 0.857 bits per heavy atom. The molecule has 0 atom stereocenters. The lowest BCUT2D eigenvalue weighted by molar-refractivity contribution is -0.0309. The summed E-state index contributed by atoms with van der Waals surface area (Å²) < 4.78 is 0. The minimum atomic E-state index is 0.119. The van der Waals surface area contributed by atoms with Gasteiger partial charge in [0, 0.05) is 44.7 Å². The largest absolute Gasteiger partial charge is 0.298 e. The highest BCUT2D eigenvalue weighted by molar-refractivity contribution is 5.81. The van der Waals surface area contributed by atoms with Crippen molar-refractivity contribution in [2.75, 3.05) is 26.2 Å². The first-order chi connectivity index (χ1) is 17.3. The minimum absolute atomic E-state index is 0.119. The Morgan fingerprint density at radius 3 is 1.29 bits per heavy atom. The predicted molar refractivity (Wildman–Crippen MR) is 143 cm³/mol. The number of nitrogens with zero attached hydrogens (tertiary/aromatic N) is 2. The van der Waals surface area contributed by atoms with Crippen LogP contribution in [-0.2, 0) is 18.5 Å². The standard InChI is InChI=1S/C33H32N2/c1-3-11-25(12-4-1)19-34-21-27-23-35(20-26-13-5-2-6-14-26)24-28(22-34)33(27)31-17-9-7-15-29(31)30-16-8-10-18-32(30)33/h1-18,27-28H,19-24H2. The zero-order chi connectivity index (χ0) is 23.2. The van der Waals surface area contributed by atoms with Gasteiger partial charge in [0.2, 0.25) is 0 Å². The highest BCUT2D eigenvalue weighted by Crippen LogP contribution is 2.60. The first-order valence-electron chi connectivity index (χ1n) is 13.0. The molecule has 0 radical (unpaired) electrons. The molecule has 2 fully saturated rings. The van der Waals surface area contributed by atoms with E-state index in [0.717, 1.165) is 39.3 Å². The van der Waals surface area contributed by atoms with Gasteiger partial charge in [-0.05, 0) is 45.2 Å². The second-order valence-corrected chi connectivity index (χ2v) is 10.7. The molecule has 0 unspecified atom stereocenters. The Balaban J connectivity index is 1.30. The van der Waals surface area contributed by atoms with E-state index in [0.29, 0.717) is 11.8 Å². The second kappa shape index (κ2) is 8.48. The molecule has 0 amide bonds. The van der Waals surface area contributed by atoms with E-state index in [4.69, 9.17) is 0 Å². The molecule has 2 heterocycles. The first-order valence-corrected chi connectivity index (χ1v) is 13.0. The Hall–Kier alpha value is -3.20. The van der Waals surface area contributed by atoms with Crippen molar-refractivity contribution >= 4 is 0 Å². The van der Waals surface area contributed by atoms with E-state index in [2.05, 4.69) is 119 Å². The van der Waals surface area contributed by atoms with Gasteiger partial charge in [-0.25, -0.2) is 0 Å². The summed E-state index contributed by atoms with van der Waals surface area (Å²) in [6.07, 6.45) is 0. The van der Waals surface area contributed by atoms with Crippen LogP contribution >= 0.6 is 0 Å². The van der Waals surface area contributed by atoms with Gasteiger partial charge in [0.1, 0.15) is 0 Å². The van der Waals surface area contributed by atoms with E-state index in [1.165, 1.54) is 22.3 Å². The van der Waals surface area contributed by atoms with E-state index >= 15 is 0 Å². The maximum atomic E-state index is 2.74. The highest BCUT2D eigenvalue weighted by atomic mass is 15.2. The minimum Gasteiger partial charge on any atom is -0.298 e. The van der Waals surface area contributed by atoms with Crippen molar-refractivity contribution in [2.45, 2.75) is 18.5 Å². The van der Waals surface area contributed by atoms with Gasteiger partial charge in [-0.2, -0.15) is 0 Å². The highest BCUT2D eigenvalue weighted by Gasteiger charge is 2.58. The third kappa shape index (κ3) is 3.39. The third-order valence-corrected chi connectivity index (χ3v) is 8.74. The van der Waals surface area contributed by atoms with Crippen LogP contribution in [0.4, 0.5) is 0 Å². The Morgan fingerprint density at radius 1 is 0.486 bits per heavy atom. The summed E-state index contributed by atoms with van der Waals surface area (Å²) in [7, 11) is 0. The molecule has 1 spiro atoms. The molecule has 1 aliphatic carbocycles. The van der Waals surface area contributed by atoms with Gasteiger partial charge in [0.05, 0.1) is 0 Å². The van der Waals surface area contributed by atoms with E-state index in [1.807, 2.05) is 0 Å². The van der Waals surface area contributed by atoms with Gasteiger partial charge in [0.25, 0.3) is 0 Å². The van der Waals surface area contributed by atoms with Gasteiger partial charge in [-0.1, -0.05) is 109 Å². The molecule has 2 bridgehead atoms. The molecular formula is C33H32N2. The SMILES string of the molecule is c1ccc(CN2CC3CN(Cc4ccccc4)CC(C2)C32c3ccccc3-c3ccccc32)cc1. The molecule has 4 aromatic rings. The van der Waals surface area contributed by atoms with Crippen molar-refractivity contribution in [3.63, 3.8) is 0 Å². The third-order valence-electron chi connectivity index (χ3n) is 8.74. The summed E-state index contributed by atoms with van der Waals surface area (Å²) in [6, 6.07) is 40.6. The second-order valence-electron chi connectivity index (χ2n) is 10.7. The number of piperidine rings is 2. The van der Waals surface area contributed by atoms with Crippen molar-refractivity contribution in [1.29, 1.82) is 0 Å². The Labute approximate surface area is 208 Å². The lowest BCUT2D eigenvalue weighted by atomic mass is 9.56. The summed E-state index contributed by atoms with van der Waals surface area (Å²) in [6.45, 7) is 6.65. The maximum absolute atomic E-state index is 2.74. The number of rotatable bonds is 4. The van der Waals surface area contributed by atoms with Crippen LogP contribution in [0.25, 0.3) is 11.1 Å². The fraction of sp³-hybridized carbons (Fsp3) is 0.273. The quantitative estimate of drug-likeness (QED) is 0.360. The summed E-state index contributed by atoms with van der Waals surface area (Å²) in [5.74, 6) is 1.12. The van der Waals surface area contributed by atoms with E-state index < -0.39 is 0 Å². The lowest BCUT2D eigenvalue weighted by Crippen LogP contribution is -2.64. The summed E-state index contributed by atoms with van der Waals surface area (Å²) in [5.41, 5.74) is 9.06. The molecule has 2 aliphatic heterocycles. The topological polar surface area (TPSA) is 6.48 Å². The molecule has 35 heavy (non-hydrogen) atoms. The molecular weight excluding hydrogens is 424 g/mol. The van der Waals surface area contributed by atoms with Gasteiger partial charge >= 0.3 is 0 Å². The summed E-state index contributed by atoms with van der Waals surface area (Å²) in [4.78, 5) is 5.47. The fourth-order valence-corrected chi connectivity index (χ4v) is 7.54. The van der Waals surface area contributed by atoms with Crippen molar-refractivity contribution in [3.8, 4) is 11.1 Å². The average Bonchev–Trinajstić information content (AvgIpc) is 3.18. The van der Waals surface area contributed by atoms with E-state index in [9.17, 15) is 0 Å². The van der Waals surface area contributed by atoms with Crippen LogP contribution in [0.1, 0.15) is 22.3 Å². The van der Waals surface area contributed by atoms with E-state index in [-0.39, 0.29) is 5.41 Å². The van der Waals surface area contributed by atoms with Crippen LogP contribution in [0.5, 0.6) is 0 Å². The molecule has 2 heteroatoms. The molecule has 2 saturated heterocycles. The Bertz CT molecular complexity index is 1210. The van der Waals surface area contributed by atoms with Crippen molar-refractivity contribution in [2.24, 2.45) is 11.8 Å². The average molecular weight is 457 g/mol. The van der Waals surface area contributed by atoms with Crippen LogP contribution in [0.15, 0.2) is 109 Å². The number of likely N-dealkylation sites (tertiary alicyclic amines) is 2. The molecule has 0 aromatic heterocycles. The van der Waals surface area contributed by atoms with Crippen LogP contribution in [0, 0.1) is 11.8 Å². The molecule has 174 valence electrons. The summed E-state index contributed by atoms with van der Waals surface area (Å²) in [5, 5.41) is 0. The van der Waals surface area contributed by atoms with Crippen LogP contribution in [0.2, 0.25) is 0 Å². The fourth-order valence-electron chi connectivity index (χ4n) is 7.54. The molecule has 4 aromatic carbocycles. The van der Waals surface area contributed by atoms with Crippen LogP contribution < -0.4 is 0 Å². The maximum Gasteiger partial charge on any atom is 0.0320 e. The van der Waals surface area contributed by atoms with Crippen molar-refractivity contribution in [1.82, 2.24) is 9.80 Å². The molecule has 3 aliphatic rings. The zero-order valence-electron chi connectivity index (χ0n) is 20.2. The van der Waals surface area contributed by atoms with Crippen LogP contribution in [0.3, 0.4) is 0 Å². The number of hydrogen-bond donors (Lipinski definition) is 0. The number of benzene rings is 4. The summed E-state index contributed by atoms with van der Waals surface area (Å²) >= 11 is 0. The first kappa shape index (κ1) is 21.1. The van der Waals surface area contributed by atoms with E-state index in [1.54, 1.807) is 11.1 Å². The molecule has 0 N–H and O–H groups in total.